The SMILES string of the molecule is CCN(CCCC1CCCN1)Cc1ccncc1. The van der Waals surface area contributed by atoms with Crippen molar-refractivity contribution in [3.8, 4) is 0 Å². The Hall–Kier alpha value is -0.930. The summed E-state index contributed by atoms with van der Waals surface area (Å²) in [6.07, 6.45) is 9.12. The van der Waals surface area contributed by atoms with Gasteiger partial charge in [-0.05, 0) is 63.0 Å². The lowest BCUT2D eigenvalue weighted by Gasteiger charge is -2.21. The highest BCUT2D eigenvalue weighted by Crippen LogP contribution is 2.12. The van der Waals surface area contributed by atoms with Crippen molar-refractivity contribution in [3.05, 3.63) is 30.1 Å². The zero-order chi connectivity index (χ0) is 12.6. The number of pyridine rings is 1. The van der Waals surface area contributed by atoms with Gasteiger partial charge in [-0.15, -0.1) is 0 Å². The summed E-state index contributed by atoms with van der Waals surface area (Å²) in [6.45, 7) is 6.85. The molecule has 18 heavy (non-hydrogen) atoms. The Morgan fingerprint density at radius 2 is 2.22 bits per heavy atom. The van der Waals surface area contributed by atoms with Crippen LogP contribution in [0.5, 0.6) is 0 Å². The van der Waals surface area contributed by atoms with Crippen LogP contribution in [0.1, 0.15) is 38.2 Å². The summed E-state index contributed by atoms with van der Waals surface area (Å²) in [4.78, 5) is 6.58. The van der Waals surface area contributed by atoms with E-state index in [1.807, 2.05) is 12.4 Å². The van der Waals surface area contributed by atoms with Gasteiger partial charge in [0.1, 0.15) is 0 Å². The molecule has 0 aromatic carbocycles. The number of aromatic nitrogens is 1. The van der Waals surface area contributed by atoms with E-state index in [4.69, 9.17) is 0 Å². The summed E-state index contributed by atoms with van der Waals surface area (Å²) < 4.78 is 0. The maximum absolute atomic E-state index is 4.07. The molecule has 3 nitrogen and oxygen atoms in total. The minimum Gasteiger partial charge on any atom is -0.314 e. The first-order valence-electron chi connectivity index (χ1n) is 7.23. The smallest absolute Gasteiger partial charge is 0.0271 e. The minimum atomic E-state index is 0.782. The van der Waals surface area contributed by atoms with Crippen molar-refractivity contribution >= 4 is 0 Å². The topological polar surface area (TPSA) is 28.2 Å². The first-order valence-corrected chi connectivity index (χ1v) is 7.23. The van der Waals surface area contributed by atoms with Crippen LogP contribution in [0, 0.1) is 0 Å². The lowest BCUT2D eigenvalue weighted by Crippen LogP contribution is -2.27. The molecule has 1 unspecified atom stereocenters. The quantitative estimate of drug-likeness (QED) is 0.802. The van der Waals surface area contributed by atoms with Crippen molar-refractivity contribution in [3.63, 3.8) is 0 Å². The molecule has 0 radical (unpaired) electrons. The van der Waals surface area contributed by atoms with Gasteiger partial charge in [0.05, 0.1) is 0 Å². The molecule has 1 saturated heterocycles. The van der Waals surface area contributed by atoms with Gasteiger partial charge in [-0.2, -0.15) is 0 Å². The lowest BCUT2D eigenvalue weighted by molar-refractivity contribution is 0.269. The molecular formula is C15H25N3. The first-order chi connectivity index (χ1) is 8.88. The molecule has 2 rings (SSSR count). The minimum absolute atomic E-state index is 0.782. The normalized spacial score (nSPS) is 19.6. The van der Waals surface area contributed by atoms with Crippen LogP contribution in [0.2, 0.25) is 0 Å². The second-order valence-corrected chi connectivity index (χ2v) is 5.16. The molecule has 1 N–H and O–H groups in total. The van der Waals surface area contributed by atoms with Crippen LogP contribution in [0.15, 0.2) is 24.5 Å². The van der Waals surface area contributed by atoms with Gasteiger partial charge in [0, 0.05) is 25.0 Å². The molecule has 1 aromatic heterocycles. The summed E-state index contributed by atoms with van der Waals surface area (Å²) >= 11 is 0. The van der Waals surface area contributed by atoms with E-state index in [9.17, 15) is 0 Å². The third-order valence-corrected chi connectivity index (χ3v) is 3.79. The van der Waals surface area contributed by atoms with Gasteiger partial charge >= 0.3 is 0 Å². The molecule has 0 amide bonds. The van der Waals surface area contributed by atoms with Crippen LogP contribution in [0.25, 0.3) is 0 Å². The largest absolute Gasteiger partial charge is 0.314 e. The van der Waals surface area contributed by atoms with Gasteiger partial charge in [0.15, 0.2) is 0 Å². The van der Waals surface area contributed by atoms with Crippen molar-refractivity contribution in [1.29, 1.82) is 0 Å². The van der Waals surface area contributed by atoms with Crippen LogP contribution in [-0.2, 0) is 6.54 Å². The lowest BCUT2D eigenvalue weighted by atomic mass is 10.1. The van der Waals surface area contributed by atoms with Crippen molar-refractivity contribution in [2.45, 2.75) is 45.2 Å². The van der Waals surface area contributed by atoms with E-state index in [-0.39, 0.29) is 0 Å². The second-order valence-electron chi connectivity index (χ2n) is 5.16. The maximum atomic E-state index is 4.07. The highest BCUT2D eigenvalue weighted by atomic mass is 15.1. The van der Waals surface area contributed by atoms with E-state index in [0.29, 0.717) is 0 Å². The standard InChI is InChI=1S/C15H25N3/c1-2-18(13-14-7-10-16-11-8-14)12-4-6-15-5-3-9-17-15/h7-8,10-11,15,17H,2-6,9,12-13H2,1H3. The van der Waals surface area contributed by atoms with Crippen molar-refractivity contribution in [2.24, 2.45) is 0 Å². The summed E-state index contributed by atoms with van der Waals surface area (Å²) in [5.41, 5.74) is 1.37. The van der Waals surface area contributed by atoms with E-state index < -0.39 is 0 Å². The van der Waals surface area contributed by atoms with Crippen molar-refractivity contribution in [1.82, 2.24) is 15.2 Å². The van der Waals surface area contributed by atoms with Gasteiger partial charge < -0.3 is 5.32 Å². The Bertz CT molecular complexity index is 320. The highest BCUT2D eigenvalue weighted by Gasteiger charge is 2.13. The average molecular weight is 247 g/mol. The fourth-order valence-corrected chi connectivity index (χ4v) is 2.66. The predicted octanol–water partition coefficient (Wildman–Crippen LogP) is 2.44. The number of nitrogens with zero attached hydrogens (tertiary/aromatic N) is 2. The molecule has 1 fully saturated rings. The van der Waals surface area contributed by atoms with E-state index in [2.05, 4.69) is 34.3 Å². The van der Waals surface area contributed by atoms with Gasteiger partial charge in [-0.25, -0.2) is 0 Å². The Labute approximate surface area is 111 Å². The molecule has 2 heterocycles. The average Bonchev–Trinajstić information content (AvgIpc) is 2.92. The summed E-state index contributed by atoms with van der Waals surface area (Å²) in [6, 6.07) is 5.01. The highest BCUT2D eigenvalue weighted by molar-refractivity contribution is 5.09. The summed E-state index contributed by atoms with van der Waals surface area (Å²) in [7, 11) is 0. The van der Waals surface area contributed by atoms with Gasteiger partial charge in [-0.3, -0.25) is 9.88 Å². The zero-order valence-electron chi connectivity index (χ0n) is 11.4. The molecule has 1 aliphatic rings. The third kappa shape index (κ3) is 4.39. The Morgan fingerprint density at radius 3 is 2.89 bits per heavy atom. The molecular weight excluding hydrogens is 222 g/mol. The van der Waals surface area contributed by atoms with Crippen LogP contribution in [-0.4, -0.2) is 35.6 Å². The first kappa shape index (κ1) is 13.5. The predicted molar refractivity (Wildman–Crippen MR) is 75.4 cm³/mol. The zero-order valence-corrected chi connectivity index (χ0v) is 11.4. The van der Waals surface area contributed by atoms with Crippen LogP contribution in [0.3, 0.4) is 0 Å². The van der Waals surface area contributed by atoms with E-state index in [1.54, 1.807) is 0 Å². The fraction of sp³-hybridized carbons (Fsp3) is 0.667. The molecule has 0 bridgehead atoms. The van der Waals surface area contributed by atoms with Crippen molar-refractivity contribution < 1.29 is 0 Å². The molecule has 0 spiro atoms. The molecule has 100 valence electrons. The molecule has 0 saturated carbocycles. The number of rotatable bonds is 7. The Balaban J connectivity index is 1.68. The van der Waals surface area contributed by atoms with Crippen LogP contribution >= 0.6 is 0 Å². The van der Waals surface area contributed by atoms with E-state index in [0.717, 1.165) is 19.1 Å². The maximum Gasteiger partial charge on any atom is 0.0271 e. The Morgan fingerprint density at radius 1 is 1.39 bits per heavy atom. The van der Waals surface area contributed by atoms with Gasteiger partial charge in [-0.1, -0.05) is 6.92 Å². The second kappa shape index (κ2) is 7.49. The molecule has 1 atom stereocenters. The molecule has 3 heteroatoms. The summed E-state index contributed by atoms with van der Waals surface area (Å²) in [5, 5.41) is 3.57. The van der Waals surface area contributed by atoms with Crippen LogP contribution < -0.4 is 5.32 Å². The number of hydrogen-bond donors (Lipinski definition) is 1. The number of nitrogens with one attached hydrogen (secondary N) is 1. The van der Waals surface area contributed by atoms with Gasteiger partial charge in [0.25, 0.3) is 0 Å². The van der Waals surface area contributed by atoms with E-state index in [1.165, 1.54) is 44.3 Å². The summed E-state index contributed by atoms with van der Waals surface area (Å²) in [5.74, 6) is 0. The fourth-order valence-electron chi connectivity index (χ4n) is 2.66. The van der Waals surface area contributed by atoms with Crippen molar-refractivity contribution in [2.75, 3.05) is 19.6 Å². The third-order valence-electron chi connectivity index (χ3n) is 3.79. The van der Waals surface area contributed by atoms with E-state index >= 15 is 0 Å². The molecule has 1 aromatic rings. The van der Waals surface area contributed by atoms with Gasteiger partial charge in [0.2, 0.25) is 0 Å². The monoisotopic (exact) mass is 247 g/mol. The molecule has 1 aliphatic heterocycles. The van der Waals surface area contributed by atoms with Crippen LogP contribution in [0.4, 0.5) is 0 Å². The number of hydrogen-bond acceptors (Lipinski definition) is 3. The molecule has 0 aliphatic carbocycles. The Kier molecular flexibility index (Phi) is 5.62.